The second-order valence-corrected chi connectivity index (χ2v) is 8.27. The number of carbonyl (C=O) groups excluding carboxylic acids is 1. The third kappa shape index (κ3) is 9.81. The number of rotatable bonds is 14. The molecule has 0 atom stereocenters. The number of benzene rings is 1. The molecule has 0 aliphatic heterocycles. The molecule has 3 N–H and O–H groups in total. The van der Waals surface area contributed by atoms with Gasteiger partial charge < -0.3 is 15.8 Å². The van der Waals surface area contributed by atoms with Crippen LogP contribution in [0.3, 0.4) is 0 Å². The highest BCUT2D eigenvalue weighted by atomic mass is 16.5. The predicted molar refractivity (Wildman–Crippen MR) is 114 cm³/mol. The summed E-state index contributed by atoms with van der Waals surface area (Å²) in [5.41, 5.74) is 7.50. The summed E-state index contributed by atoms with van der Waals surface area (Å²) in [4.78, 5) is 12.4. The SMILES string of the molecule is Cc1ccc(C)c(OCCCC(C)(C)C(=O)NCCCCCCCCN)c1. The number of nitrogens with two attached hydrogens (primary N) is 1. The standard InChI is InChI=1S/C23H40N2O2/c1-19-12-13-20(2)21(18-19)27-17-11-14-23(3,4)22(26)25-16-10-8-6-5-7-9-15-24/h12-13,18H,5-11,14-17,24H2,1-4H3,(H,25,26). The van der Waals surface area contributed by atoms with E-state index in [1.54, 1.807) is 0 Å². The van der Waals surface area contributed by atoms with Gasteiger partial charge in [0.1, 0.15) is 5.75 Å². The smallest absolute Gasteiger partial charge is 0.225 e. The summed E-state index contributed by atoms with van der Waals surface area (Å²) >= 11 is 0. The number of amides is 1. The Labute approximate surface area is 166 Å². The molecule has 27 heavy (non-hydrogen) atoms. The van der Waals surface area contributed by atoms with E-state index < -0.39 is 0 Å². The summed E-state index contributed by atoms with van der Waals surface area (Å²) in [5.74, 6) is 1.10. The van der Waals surface area contributed by atoms with Crippen molar-refractivity contribution in [2.24, 2.45) is 11.1 Å². The Morgan fingerprint density at radius 3 is 2.41 bits per heavy atom. The fourth-order valence-electron chi connectivity index (χ4n) is 3.09. The van der Waals surface area contributed by atoms with Gasteiger partial charge in [0.15, 0.2) is 0 Å². The largest absolute Gasteiger partial charge is 0.493 e. The second kappa shape index (κ2) is 12.8. The molecule has 4 nitrogen and oxygen atoms in total. The summed E-state index contributed by atoms with van der Waals surface area (Å²) in [6.07, 6.45) is 8.75. The summed E-state index contributed by atoms with van der Waals surface area (Å²) in [5, 5.41) is 3.10. The lowest BCUT2D eigenvalue weighted by atomic mass is 9.87. The number of unbranched alkanes of at least 4 members (excludes halogenated alkanes) is 5. The van der Waals surface area contributed by atoms with Gasteiger partial charge in [-0.1, -0.05) is 51.7 Å². The Hall–Kier alpha value is -1.55. The van der Waals surface area contributed by atoms with Gasteiger partial charge in [-0.15, -0.1) is 0 Å². The number of hydrogen-bond acceptors (Lipinski definition) is 3. The first-order chi connectivity index (χ1) is 12.9. The number of ether oxygens (including phenoxy) is 1. The molecule has 0 aliphatic rings. The molecule has 0 heterocycles. The van der Waals surface area contributed by atoms with Crippen LogP contribution in [0.15, 0.2) is 18.2 Å². The zero-order chi connectivity index (χ0) is 20.1. The predicted octanol–water partition coefficient (Wildman–Crippen LogP) is 4.90. The molecule has 1 amide bonds. The van der Waals surface area contributed by atoms with Gasteiger partial charge in [0.25, 0.3) is 0 Å². The van der Waals surface area contributed by atoms with Crippen molar-refractivity contribution in [3.63, 3.8) is 0 Å². The number of aryl methyl sites for hydroxylation is 2. The van der Waals surface area contributed by atoms with Crippen LogP contribution in [-0.2, 0) is 4.79 Å². The van der Waals surface area contributed by atoms with E-state index in [4.69, 9.17) is 10.5 Å². The van der Waals surface area contributed by atoms with Gasteiger partial charge in [-0.05, 0) is 63.3 Å². The number of carbonyl (C=O) groups is 1. The molecular formula is C23H40N2O2. The van der Waals surface area contributed by atoms with Gasteiger partial charge in [0.2, 0.25) is 5.91 Å². The monoisotopic (exact) mass is 376 g/mol. The normalized spacial score (nSPS) is 11.4. The first-order valence-corrected chi connectivity index (χ1v) is 10.6. The van der Waals surface area contributed by atoms with Crippen molar-refractivity contribution in [1.82, 2.24) is 5.32 Å². The molecule has 0 aromatic heterocycles. The zero-order valence-electron chi connectivity index (χ0n) is 17.9. The van der Waals surface area contributed by atoms with Crippen LogP contribution in [0.4, 0.5) is 0 Å². The van der Waals surface area contributed by atoms with Crippen molar-refractivity contribution in [3.05, 3.63) is 29.3 Å². The highest BCUT2D eigenvalue weighted by molar-refractivity contribution is 5.81. The van der Waals surface area contributed by atoms with E-state index in [1.807, 2.05) is 13.8 Å². The highest BCUT2D eigenvalue weighted by Gasteiger charge is 2.26. The summed E-state index contributed by atoms with van der Waals surface area (Å²) < 4.78 is 5.91. The highest BCUT2D eigenvalue weighted by Crippen LogP contribution is 2.24. The van der Waals surface area contributed by atoms with E-state index in [1.165, 1.54) is 31.2 Å². The fourth-order valence-corrected chi connectivity index (χ4v) is 3.09. The minimum atomic E-state index is -0.355. The average Bonchev–Trinajstić information content (AvgIpc) is 2.63. The van der Waals surface area contributed by atoms with E-state index in [0.29, 0.717) is 6.61 Å². The molecule has 1 aromatic carbocycles. The summed E-state index contributed by atoms with van der Waals surface area (Å²) in [6, 6.07) is 6.25. The van der Waals surface area contributed by atoms with Crippen LogP contribution in [0.25, 0.3) is 0 Å². The van der Waals surface area contributed by atoms with Crippen LogP contribution in [0.1, 0.15) is 76.3 Å². The van der Waals surface area contributed by atoms with Crippen molar-refractivity contribution in [3.8, 4) is 5.75 Å². The maximum Gasteiger partial charge on any atom is 0.225 e. The lowest BCUT2D eigenvalue weighted by Crippen LogP contribution is -2.37. The maximum absolute atomic E-state index is 12.4. The van der Waals surface area contributed by atoms with E-state index >= 15 is 0 Å². The molecule has 0 saturated carbocycles. The van der Waals surface area contributed by atoms with Crippen LogP contribution in [0, 0.1) is 19.3 Å². The van der Waals surface area contributed by atoms with Crippen molar-refractivity contribution >= 4 is 5.91 Å². The van der Waals surface area contributed by atoms with E-state index in [2.05, 4.69) is 37.4 Å². The molecule has 0 aliphatic carbocycles. The fraction of sp³-hybridized carbons (Fsp3) is 0.696. The number of nitrogens with one attached hydrogen (secondary N) is 1. The average molecular weight is 377 g/mol. The van der Waals surface area contributed by atoms with Gasteiger partial charge in [-0.25, -0.2) is 0 Å². The Morgan fingerprint density at radius 2 is 1.70 bits per heavy atom. The van der Waals surface area contributed by atoms with Gasteiger partial charge >= 0.3 is 0 Å². The first-order valence-electron chi connectivity index (χ1n) is 10.6. The molecule has 4 heteroatoms. The molecule has 1 aromatic rings. The Morgan fingerprint density at radius 1 is 1.04 bits per heavy atom. The topological polar surface area (TPSA) is 64.3 Å². The Balaban J connectivity index is 2.18. The minimum absolute atomic E-state index is 0.150. The van der Waals surface area contributed by atoms with E-state index in [9.17, 15) is 4.79 Å². The van der Waals surface area contributed by atoms with Crippen molar-refractivity contribution < 1.29 is 9.53 Å². The lowest BCUT2D eigenvalue weighted by Gasteiger charge is -2.23. The van der Waals surface area contributed by atoms with Gasteiger partial charge in [0, 0.05) is 12.0 Å². The van der Waals surface area contributed by atoms with Gasteiger partial charge in [-0.2, -0.15) is 0 Å². The van der Waals surface area contributed by atoms with Gasteiger partial charge in [0.05, 0.1) is 6.61 Å². The molecular weight excluding hydrogens is 336 g/mol. The number of hydrogen-bond donors (Lipinski definition) is 2. The third-order valence-electron chi connectivity index (χ3n) is 5.08. The maximum atomic E-state index is 12.4. The quantitative estimate of drug-likeness (QED) is 0.454. The molecule has 154 valence electrons. The zero-order valence-corrected chi connectivity index (χ0v) is 17.9. The van der Waals surface area contributed by atoms with Gasteiger partial charge in [-0.3, -0.25) is 4.79 Å². The molecule has 0 spiro atoms. The Kier molecular flexibility index (Phi) is 11.1. The molecule has 0 fully saturated rings. The summed E-state index contributed by atoms with van der Waals surface area (Å²) in [6.45, 7) is 10.4. The van der Waals surface area contributed by atoms with E-state index in [0.717, 1.165) is 50.1 Å². The minimum Gasteiger partial charge on any atom is -0.493 e. The molecule has 0 unspecified atom stereocenters. The second-order valence-electron chi connectivity index (χ2n) is 8.27. The van der Waals surface area contributed by atoms with Crippen molar-refractivity contribution in [2.45, 2.75) is 79.1 Å². The van der Waals surface area contributed by atoms with Crippen molar-refractivity contribution in [2.75, 3.05) is 19.7 Å². The molecule has 0 bridgehead atoms. The molecule has 0 saturated heterocycles. The Bertz CT molecular complexity index is 555. The first kappa shape index (κ1) is 23.5. The van der Waals surface area contributed by atoms with Crippen LogP contribution >= 0.6 is 0 Å². The molecule has 0 radical (unpaired) electrons. The van der Waals surface area contributed by atoms with Crippen LogP contribution in [-0.4, -0.2) is 25.6 Å². The van der Waals surface area contributed by atoms with Crippen molar-refractivity contribution in [1.29, 1.82) is 0 Å². The van der Waals surface area contributed by atoms with Crippen LogP contribution < -0.4 is 15.8 Å². The molecule has 1 rings (SSSR count). The lowest BCUT2D eigenvalue weighted by molar-refractivity contribution is -0.129. The third-order valence-corrected chi connectivity index (χ3v) is 5.08. The summed E-state index contributed by atoms with van der Waals surface area (Å²) in [7, 11) is 0. The van der Waals surface area contributed by atoms with Crippen LogP contribution in [0.5, 0.6) is 5.75 Å². The van der Waals surface area contributed by atoms with E-state index in [-0.39, 0.29) is 11.3 Å². The van der Waals surface area contributed by atoms with Crippen LogP contribution in [0.2, 0.25) is 0 Å².